The molecule has 1 unspecified atom stereocenters. The number of halogens is 1. The molecular formula is C19H30IN3O2. The minimum atomic E-state index is -0.0886. The highest BCUT2D eigenvalue weighted by Gasteiger charge is 2.27. The molecule has 1 N–H and O–H groups in total. The number of nitrogens with zero attached hydrogens (tertiary/aromatic N) is 2. The summed E-state index contributed by atoms with van der Waals surface area (Å²) in [4.78, 5) is 18.7. The summed E-state index contributed by atoms with van der Waals surface area (Å²) in [6, 6.07) is 10.5. The first-order chi connectivity index (χ1) is 11.7. The molecule has 25 heavy (non-hydrogen) atoms. The molecular weight excluding hydrogens is 429 g/mol. The number of aliphatic imine (C=N–C) groups is 1. The third-order valence-electron chi connectivity index (χ3n) is 4.55. The van der Waals surface area contributed by atoms with Crippen LogP contribution in [-0.4, -0.2) is 50.1 Å². The molecule has 1 aromatic carbocycles. The van der Waals surface area contributed by atoms with Crippen molar-refractivity contribution in [1.82, 2.24) is 10.2 Å². The molecule has 1 aliphatic heterocycles. The molecule has 0 spiro atoms. The highest BCUT2D eigenvalue weighted by Crippen LogP contribution is 2.19. The van der Waals surface area contributed by atoms with Gasteiger partial charge in [0.25, 0.3) is 0 Å². The number of carbonyl (C=O) groups excluding carboxylic acids is 1. The van der Waals surface area contributed by atoms with Crippen LogP contribution in [0.25, 0.3) is 0 Å². The molecule has 0 amide bonds. The van der Waals surface area contributed by atoms with Crippen LogP contribution in [0.5, 0.6) is 0 Å². The zero-order chi connectivity index (χ0) is 17.4. The third-order valence-corrected chi connectivity index (χ3v) is 4.55. The first-order valence-corrected chi connectivity index (χ1v) is 8.81. The van der Waals surface area contributed by atoms with Gasteiger partial charge >= 0.3 is 5.97 Å². The summed E-state index contributed by atoms with van der Waals surface area (Å²) in [5.41, 5.74) is 1.31. The van der Waals surface area contributed by atoms with Crippen molar-refractivity contribution >= 4 is 35.9 Å². The SMILES string of the molecule is CCNC(=NCC(C)c1ccccc1)N1CCC(C(=O)OC)CC1.I. The molecule has 140 valence electrons. The highest BCUT2D eigenvalue weighted by molar-refractivity contribution is 14.0. The second kappa shape index (κ2) is 11.3. The molecule has 2 rings (SSSR count). The minimum Gasteiger partial charge on any atom is -0.469 e. The van der Waals surface area contributed by atoms with Crippen LogP contribution in [0.1, 0.15) is 38.2 Å². The zero-order valence-electron chi connectivity index (χ0n) is 15.4. The predicted molar refractivity (Wildman–Crippen MR) is 113 cm³/mol. The predicted octanol–water partition coefficient (Wildman–Crippen LogP) is 3.26. The Balaban J connectivity index is 0.00000312. The van der Waals surface area contributed by atoms with Gasteiger partial charge in [-0.05, 0) is 25.3 Å². The Morgan fingerprint density at radius 1 is 1.32 bits per heavy atom. The Bertz CT molecular complexity index is 543. The fourth-order valence-corrected chi connectivity index (χ4v) is 3.03. The lowest BCUT2D eigenvalue weighted by molar-refractivity contribution is -0.146. The maximum absolute atomic E-state index is 11.7. The van der Waals surface area contributed by atoms with Crippen molar-refractivity contribution in [3.63, 3.8) is 0 Å². The van der Waals surface area contributed by atoms with E-state index in [0.29, 0.717) is 5.92 Å². The number of nitrogens with one attached hydrogen (secondary N) is 1. The molecule has 0 bridgehead atoms. The Kier molecular flexibility index (Phi) is 9.85. The molecule has 6 heteroatoms. The number of carbonyl (C=O) groups is 1. The summed E-state index contributed by atoms with van der Waals surface area (Å²) >= 11 is 0. The smallest absolute Gasteiger partial charge is 0.308 e. The van der Waals surface area contributed by atoms with Gasteiger partial charge in [-0.3, -0.25) is 9.79 Å². The van der Waals surface area contributed by atoms with E-state index in [9.17, 15) is 4.79 Å². The van der Waals surface area contributed by atoms with Crippen molar-refractivity contribution in [1.29, 1.82) is 0 Å². The lowest BCUT2D eigenvalue weighted by atomic mass is 9.97. The van der Waals surface area contributed by atoms with Crippen molar-refractivity contribution in [3.05, 3.63) is 35.9 Å². The number of guanidine groups is 1. The number of piperidine rings is 1. The normalized spacial score (nSPS) is 16.8. The van der Waals surface area contributed by atoms with Gasteiger partial charge in [-0.15, -0.1) is 24.0 Å². The van der Waals surface area contributed by atoms with E-state index in [1.54, 1.807) is 0 Å². The summed E-state index contributed by atoms with van der Waals surface area (Å²) in [5.74, 6) is 1.27. The summed E-state index contributed by atoms with van der Waals surface area (Å²) in [6.45, 7) is 7.55. The molecule has 1 saturated heterocycles. The molecule has 5 nitrogen and oxygen atoms in total. The lowest BCUT2D eigenvalue weighted by Gasteiger charge is -2.33. The number of ether oxygens (including phenoxy) is 1. The summed E-state index contributed by atoms with van der Waals surface area (Å²) < 4.78 is 4.86. The van der Waals surface area contributed by atoms with Gasteiger partial charge < -0.3 is 15.0 Å². The van der Waals surface area contributed by atoms with Crippen LogP contribution in [0.15, 0.2) is 35.3 Å². The van der Waals surface area contributed by atoms with E-state index in [4.69, 9.17) is 9.73 Å². The van der Waals surface area contributed by atoms with Gasteiger partial charge in [0.15, 0.2) is 5.96 Å². The Hall–Kier alpha value is -1.31. The van der Waals surface area contributed by atoms with E-state index >= 15 is 0 Å². The Labute approximate surface area is 168 Å². The van der Waals surface area contributed by atoms with Gasteiger partial charge in [0, 0.05) is 32.1 Å². The van der Waals surface area contributed by atoms with E-state index in [1.165, 1.54) is 12.7 Å². The van der Waals surface area contributed by atoms with Crippen LogP contribution < -0.4 is 5.32 Å². The fourth-order valence-electron chi connectivity index (χ4n) is 3.03. The summed E-state index contributed by atoms with van der Waals surface area (Å²) in [7, 11) is 1.46. The fraction of sp³-hybridized carbons (Fsp3) is 0.579. The largest absolute Gasteiger partial charge is 0.469 e. The second-order valence-corrected chi connectivity index (χ2v) is 6.29. The Morgan fingerprint density at radius 3 is 2.52 bits per heavy atom. The van der Waals surface area contributed by atoms with Crippen LogP contribution in [0.4, 0.5) is 0 Å². The van der Waals surface area contributed by atoms with Gasteiger partial charge in [-0.25, -0.2) is 0 Å². The topological polar surface area (TPSA) is 53.9 Å². The van der Waals surface area contributed by atoms with Gasteiger partial charge in [-0.2, -0.15) is 0 Å². The molecule has 1 aromatic rings. The van der Waals surface area contributed by atoms with Crippen LogP contribution in [-0.2, 0) is 9.53 Å². The van der Waals surface area contributed by atoms with Crippen molar-refractivity contribution in [2.24, 2.45) is 10.9 Å². The maximum Gasteiger partial charge on any atom is 0.308 e. The molecule has 0 aromatic heterocycles. The average molecular weight is 459 g/mol. The maximum atomic E-state index is 11.7. The number of methoxy groups -OCH3 is 1. The summed E-state index contributed by atoms with van der Waals surface area (Å²) in [6.07, 6.45) is 1.65. The molecule has 1 atom stereocenters. The molecule has 1 fully saturated rings. The number of hydrogen-bond acceptors (Lipinski definition) is 3. The number of esters is 1. The molecule has 1 heterocycles. The van der Waals surface area contributed by atoms with Crippen molar-refractivity contribution in [2.45, 2.75) is 32.6 Å². The monoisotopic (exact) mass is 459 g/mol. The number of rotatable bonds is 5. The first-order valence-electron chi connectivity index (χ1n) is 8.81. The van der Waals surface area contributed by atoms with Gasteiger partial charge in [-0.1, -0.05) is 37.3 Å². The number of benzene rings is 1. The molecule has 1 aliphatic rings. The average Bonchev–Trinajstić information content (AvgIpc) is 2.65. The summed E-state index contributed by atoms with van der Waals surface area (Å²) in [5, 5.41) is 3.38. The highest BCUT2D eigenvalue weighted by atomic mass is 127. The van der Waals surface area contributed by atoms with E-state index < -0.39 is 0 Å². The van der Waals surface area contributed by atoms with Crippen LogP contribution >= 0.6 is 24.0 Å². The van der Waals surface area contributed by atoms with Gasteiger partial charge in [0.1, 0.15) is 0 Å². The van der Waals surface area contributed by atoms with Gasteiger partial charge in [0.2, 0.25) is 0 Å². The van der Waals surface area contributed by atoms with E-state index in [2.05, 4.69) is 48.3 Å². The number of likely N-dealkylation sites (tertiary alicyclic amines) is 1. The van der Waals surface area contributed by atoms with Crippen molar-refractivity contribution in [2.75, 3.05) is 33.3 Å². The van der Waals surface area contributed by atoms with Crippen LogP contribution in [0.3, 0.4) is 0 Å². The zero-order valence-corrected chi connectivity index (χ0v) is 17.7. The minimum absolute atomic E-state index is 0. The van der Waals surface area contributed by atoms with E-state index in [1.807, 2.05) is 6.07 Å². The van der Waals surface area contributed by atoms with Gasteiger partial charge in [0.05, 0.1) is 13.0 Å². The van der Waals surface area contributed by atoms with Crippen LogP contribution in [0.2, 0.25) is 0 Å². The second-order valence-electron chi connectivity index (χ2n) is 6.29. The molecule has 0 aliphatic carbocycles. The molecule has 0 saturated carbocycles. The van der Waals surface area contributed by atoms with E-state index in [0.717, 1.165) is 45.0 Å². The lowest BCUT2D eigenvalue weighted by Crippen LogP contribution is -2.46. The molecule has 0 radical (unpaired) electrons. The Morgan fingerprint density at radius 2 is 1.96 bits per heavy atom. The van der Waals surface area contributed by atoms with E-state index in [-0.39, 0.29) is 35.9 Å². The van der Waals surface area contributed by atoms with Crippen molar-refractivity contribution < 1.29 is 9.53 Å². The number of hydrogen-bond donors (Lipinski definition) is 1. The quantitative estimate of drug-likeness (QED) is 0.318. The third kappa shape index (κ3) is 6.49. The van der Waals surface area contributed by atoms with Crippen molar-refractivity contribution in [3.8, 4) is 0 Å². The first kappa shape index (κ1) is 21.7. The standard InChI is InChI=1S/C19H29N3O2.HI/c1-4-20-19(21-14-15(2)16-8-6-5-7-9-16)22-12-10-17(11-13-22)18(23)24-3;/h5-9,15,17H,4,10-14H2,1-3H3,(H,20,21);1H. The van der Waals surface area contributed by atoms with Crippen LogP contribution in [0, 0.1) is 5.92 Å².